The molecule has 0 aliphatic heterocycles. The summed E-state index contributed by atoms with van der Waals surface area (Å²) in [6, 6.07) is 5.86. The first-order chi connectivity index (χ1) is 9.25. The number of likely N-dealkylation sites (N-methyl/N-ethyl adjacent to an activating group) is 1. The van der Waals surface area contributed by atoms with Crippen LogP contribution >= 0.6 is 11.3 Å². The van der Waals surface area contributed by atoms with Gasteiger partial charge >= 0.3 is 0 Å². The van der Waals surface area contributed by atoms with Crippen LogP contribution in [0.25, 0.3) is 0 Å². The van der Waals surface area contributed by atoms with Crippen molar-refractivity contribution in [1.82, 2.24) is 10.2 Å². The van der Waals surface area contributed by atoms with Gasteiger partial charge in [-0.2, -0.15) is 0 Å². The number of hydrogen-bond donors (Lipinski definition) is 1. The molecule has 0 bridgehead atoms. The van der Waals surface area contributed by atoms with E-state index in [9.17, 15) is 0 Å². The average Bonchev–Trinajstić information content (AvgIpc) is 3.07. The molecule has 1 unspecified atom stereocenters. The summed E-state index contributed by atoms with van der Waals surface area (Å²) >= 11 is 1.87. The van der Waals surface area contributed by atoms with Crippen LogP contribution in [-0.4, -0.2) is 37.1 Å². The molecule has 19 heavy (non-hydrogen) atoms. The van der Waals surface area contributed by atoms with Crippen LogP contribution in [0.4, 0.5) is 0 Å². The highest BCUT2D eigenvalue weighted by molar-refractivity contribution is 7.09. The molecule has 2 rings (SSSR count). The Bertz CT molecular complexity index is 331. The van der Waals surface area contributed by atoms with Crippen molar-refractivity contribution in [2.24, 2.45) is 0 Å². The molecule has 0 radical (unpaired) electrons. The number of hydrogen-bond acceptors (Lipinski definition) is 3. The fraction of sp³-hybridized carbons (Fsp3) is 0.750. The van der Waals surface area contributed by atoms with Crippen LogP contribution in [0.3, 0.4) is 0 Å². The second-order valence-corrected chi connectivity index (χ2v) is 6.93. The third-order valence-electron chi connectivity index (χ3n) is 4.30. The molecular formula is C16H28N2S. The Balaban J connectivity index is 1.56. The smallest absolute Gasteiger partial charge is 0.0112 e. The van der Waals surface area contributed by atoms with Crippen LogP contribution < -0.4 is 5.32 Å². The maximum absolute atomic E-state index is 3.70. The van der Waals surface area contributed by atoms with Crippen molar-refractivity contribution in [3.63, 3.8) is 0 Å². The largest absolute Gasteiger partial charge is 0.314 e. The minimum atomic E-state index is 0.644. The normalized spacial score (nSPS) is 18.3. The zero-order valence-electron chi connectivity index (χ0n) is 12.4. The lowest BCUT2D eigenvalue weighted by atomic mass is 10.2. The lowest BCUT2D eigenvalue weighted by Gasteiger charge is -2.24. The first-order valence-corrected chi connectivity index (χ1v) is 8.59. The lowest BCUT2D eigenvalue weighted by molar-refractivity contribution is 0.252. The molecule has 3 heteroatoms. The maximum atomic E-state index is 3.70. The lowest BCUT2D eigenvalue weighted by Crippen LogP contribution is -2.34. The summed E-state index contributed by atoms with van der Waals surface area (Å²) in [4.78, 5) is 4.00. The molecule has 108 valence electrons. The highest BCUT2D eigenvalue weighted by Crippen LogP contribution is 2.17. The van der Waals surface area contributed by atoms with Gasteiger partial charge in [0.05, 0.1) is 0 Å². The zero-order chi connectivity index (χ0) is 13.5. The first kappa shape index (κ1) is 15.0. The zero-order valence-corrected chi connectivity index (χ0v) is 13.2. The van der Waals surface area contributed by atoms with Crippen LogP contribution in [0, 0.1) is 0 Å². The van der Waals surface area contributed by atoms with Crippen molar-refractivity contribution >= 4 is 11.3 Å². The molecule has 1 atom stereocenters. The van der Waals surface area contributed by atoms with Gasteiger partial charge < -0.3 is 10.2 Å². The third-order valence-corrected chi connectivity index (χ3v) is 5.20. The number of rotatable bonds is 8. The molecule has 1 N–H and O–H groups in total. The standard InChI is InChI=1S/C16H28N2S/c1-14(13-16-9-5-12-19-16)18(2)11-6-10-17-15-7-3-4-8-15/h5,9,12,14-15,17H,3-4,6-8,10-11,13H2,1-2H3. The topological polar surface area (TPSA) is 15.3 Å². The fourth-order valence-corrected chi connectivity index (χ4v) is 3.69. The summed E-state index contributed by atoms with van der Waals surface area (Å²) in [5.41, 5.74) is 0. The molecule has 1 heterocycles. The average molecular weight is 280 g/mol. The highest BCUT2D eigenvalue weighted by Gasteiger charge is 2.14. The van der Waals surface area contributed by atoms with Crippen LogP contribution in [0.15, 0.2) is 17.5 Å². The van der Waals surface area contributed by atoms with Gasteiger partial charge in [-0.15, -0.1) is 11.3 Å². The molecule has 0 amide bonds. The first-order valence-electron chi connectivity index (χ1n) is 7.71. The van der Waals surface area contributed by atoms with Crippen molar-refractivity contribution in [2.75, 3.05) is 20.1 Å². The van der Waals surface area contributed by atoms with Gasteiger partial charge in [-0.05, 0) is 64.2 Å². The minimum Gasteiger partial charge on any atom is -0.314 e. The Morgan fingerprint density at radius 1 is 1.42 bits per heavy atom. The van der Waals surface area contributed by atoms with E-state index >= 15 is 0 Å². The van der Waals surface area contributed by atoms with E-state index in [2.05, 4.69) is 41.7 Å². The van der Waals surface area contributed by atoms with E-state index in [0.717, 1.165) is 6.04 Å². The monoisotopic (exact) mass is 280 g/mol. The summed E-state index contributed by atoms with van der Waals surface area (Å²) < 4.78 is 0. The maximum Gasteiger partial charge on any atom is 0.0112 e. The molecule has 1 saturated carbocycles. The van der Waals surface area contributed by atoms with E-state index in [0.29, 0.717) is 6.04 Å². The second-order valence-electron chi connectivity index (χ2n) is 5.90. The van der Waals surface area contributed by atoms with Crippen LogP contribution in [-0.2, 0) is 6.42 Å². The molecule has 1 fully saturated rings. The van der Waals surface area contributed by atoms with Gasteiger partial charge in [0.1, 0.15) is 0 Å². The summed E-state index contributed by atoms with van der Waals surface area (Å²) in [7, 11) is 2.26. The van der Waals surface area contributed by atoms with E-state index in [4.69, 9.17) is 0 Å². The van der Waals surface area contributed by atoms with Gasteiger partial charge in [0.2, 0.25) is 0 Å². The molecular weight excluding hydrogens is 252 g/mol. The number of thiophene rings is 1. The van der Waals surface area contributed by atoms with Crippen molar-refractivity contribution in [3.8, 4) is 0 Å². The quantitative estimate of drug-likeness (QED) is 0.733. The van der Waals surface area contributed by atoms with Gasteiger partial charge in [0.15, 0.2) is 0 Å². The number of nitrogens with one attached hydrogen (secondary N) is 1. The van der Waals surface area contributed by atoms with Crippen molar-refractivity contribution in [1.29, 1.82) is 0 Å². The van der Waals surface area contributed by atoms with Crippen LogP contribution in [0.1, 0.15) is 43.9 Å². The predicted molar refractivity (Wildman–Crippen MR) is 85.0 cm³/mol. The Labute approximate surface area is 122 Å². The van der Waals surface area contributed by atoms with Gasteiger partial charge in [-0.25, -0.2) is 0 Å². The molecule has 0 aromatic carbocycles. The SMILES string of the molecule is CC(Cc1cccs1)N(C)CCCNC1CCCC1. The third kappa shape index (κ3) is 5.25. The molecule has 0 spiro atoms. The van der Waals surface area contributed by atoms with Crippen molar-refractivity contribution in [3.05, 3.63) is 22.4 Å². The van der Waals surface area contributed by atoms with Crippen molar-refractivity contribution < 1.29 is 0 Å². The van der Waals surface area contributed by atoms with Crippen molar-refractivity contribution in [2.45, 2.75) is 57.5 Å². The molecule has 2 nitrogen and oxygen atoms in total. The van der Waals surface area contributed by atoms with E-state index < -0.39 is 0 Å². The summed E-state index contributed by atoms with van der Waals surface area (Å²) in [5.74, 6) is 0. The Morgan fingerprint density at radius 2 is 2.21 bits per heavy atom. The summed E-state index contributed by atoms with van der Waals surface area (Å²) in [6.45, 7) is 4.72. The van der Waals surface area contributed by atoms with E-state index in [-0.39, 0.29) is 0 Å². The second kappa shape index (κ2) is 8.03. The highest BCUT2D eigenvalue weighted by atomic mass is 32.1. The van der Waals surface area contributed by atoms with Gasteiger partial charge in [-0.3, -0.25) is 0 Å². The van der Waals surface area contributed by atoms with Gasteiger partial charge in [-0.1, -0.05) is 18.9 Å². The Morgan fingerprint density at radius 3 is 2.89 bits per heavy atom. The summed E-state index contributed by atoms with van der Waals surface area (Å²) in [6.07, 6.45) is 8.09. The molecule has 0 saturated heterocycles. The summed E-state index contributed by atoms with van der Waals surface area (Å²) in [5, 5.41) is 5.87. The Kier molecular flexibility index (Phi) is 6.35. The van der Waals surface area contributed by atoms with Crippen LogP contribution in [0.5, 0.6) is 0 Å². The molecule has 1 aliphatic rings. The van der Waals surface area contributed by atoms with Gasteiger partial charge in [0.25, 0.3) is 0 Å². The van der Waals surface area contributed by atoms with Crippen LogP contribution in [0.2, 0.25) is 0 Å². The van der Waals surface area contributed by atoms with E-state index in [1.807, 2.05) is 11.3 Å². The molecule has 1 aliphatic carbocycles. The van der Waals surface area contributed by atoms with E-state index in [1.54, 1.807) is 0 Å². The van der Waals surface area contributed by atoms with E-state index in [1.165, 1.54) is 56.5 Å². The molecule has 1 aromatic heterocycles. The molecule has 1 aromatic rings. The Hall–Kier alpha value is -0.380. The number of nitrogens with zero attached hydrogens (tertiary/aromatic N) is 1. The predicted octanol–water partition coefficient (Wildman–Crippen LogP) is 3.53. The fourth-order valence-electron chi connectivity index (χ4n) is 2.86. The van der Waals surface area contributed by atoms with Gasteiger partial charge in [0, 0.05) is 17.0 Å². The minimum absolute atomic E-state index is 0.644.